The van der Waals surface area contributed by atoms with Crippen molar-refractivity contribution in [3.63, 3.8) is 0 Å². The van der Waals surface area contributed by atoms with E-state index < -0.39 is 0 Å². The van der Waals surface area contributed by atoms with Crippen LogP contribution in [0, 0.1) is 5.92 Å². The Morgan fingerprint density at radius 2 is 1.86 bits per heavy atom. The normalized spacial score (nSPS) is 15.4. The molecule has 0 saturated carbocycles. The predicted molar refractivity (Wildman–Crippen MR) is 60.3 cm³/mol. The fourth-order valence-electron chi connectivity index (χ4n) is 1.51. The van der Waals surface area contributed by atoms with Crippen LogP contribution in [0.5, 0.6) is 0 Å². The third kappa shape index (κ3) is 7.34. The summed E-state index contributed by atoms with van der Waals surface area (Å²) in [5, 5.41) is 0. The molecule has 0 bridgehead atoms. The molecule has 2 nitrogen and oxygen atoms in total. The Morgan fingerprint density at radius 3 is 2.36 bits per heavy atom. The van der Waals surface area contributed by atoms with Crippen molar-refractivity contribution in [2.45, 2.75) is 59.2 Å². The van der Waals surface area contributed by atoms with Crippen LogP contribution in [0.4, 0.5) is 0 Å². The highest BCUT2D eigenvalue weighted by atomic mass is 16.7. The zero-order valence-electron chi connectivity index (χ0n) is 10.2. The van der Waals surface area contributed by atoms with Gasteiger partial charge >= 0.3 is 0 Å². The molecule has 0 aromatic heterocycles. The van der Waals surface area contributed by atoms with Crippen molar-refractivity contribution in [2.24, 2.45) is 5.92 Å². The molecule has 2 unspecified atom stereocenters. The Labute approximate surface area is 89.0 Å². The van der Waals surface area contributed by atoms with Gasteiger partial charge in [0.25, 0.3) is 0 Å². The molecule has 0 heterocycles. The molecular formula is C12H26O2. The molecular weight excluding hydrogens is 176 g/mol. The van der Waals surface area contributed by atoms with Crippen LogP contribution in [0.1, 0.15) is 52.9 Å². The lowest BCUT2D eigenvalue weighted by molar-refractivity contribution is -0.113. The van der Waals surface area contributed by atoms with Crippen molar-refractivity contribution in [3.8, 4) is 0 Å². The number of methoxy groups -OCH3 is 1. The van der Waals surface area contributed by atoms with Gasteiger partial charge in [-0.15, -0.1) is 0 Å². The summed E-state index contributed by atoms with van der Waals surface area (Å²) in [6.07, 6.45) is 6.37. The SMILES string of the molecule is CCCCC(CC)CCOC(C)OC. The molecule has 0 fully saturated rings. The zero-order chi connectivity index (χ0) is 10.8. The van der Waals surface area contributed by atoms with Crippen molar-refractivity contribution in [2.75, 3.05) is 13.7 Å². The summed E-state index contributed by atoms with van der Waals surface area (Å²) in [6.45, 7) is 7.28. The van der Waals surface area contributed by atoms with Gasteiger partial charge in [0.2, 0.25) is 0 Å². The smallest absolute Gasteiger partial charge is 0.154 e. The van der Waals surface area contributed by atoms with Crippen LogP contribution in [0.3, 0.4) is 0 Å². The lowest BCUT2D eigenvalue weighted by Gasteiger charge is -2.16. The van der Waals surface area contributed by atoms with E-state index in [0.717, 1.165) is 12.5 Å². The number of rotatable bonds is 9. The van der Waals surface area contributed by atoms with E-state index in [1.807, 2.05) is 6.92 Å². The molecule has 0 aliphatic carbocycles. The maximum absolute atomic E-state index is 5.48. The van der Waals surface area contributed by atoms with Gasteiger partial charge in [0, 0.05) is 13.7 Å². The maximum atomic E-state index is 5.48. The Bertz CT molecular complexity index is 115. The summed E-state index contributed by atoms with van der Waals surface area (Å²) >= 11 is 0. The van der Waals surface area contributed by atoms with Crippen molar-refractivity contribution in [1.29, 1.82) is 0 Å². The topological polar surface area (TPSA) is 18.5 Å². The third-order valence-corrected chi connectivity index (χ3v) is 2.75. The Morgan fingerprint density at radius 1 is 1.14 bits per heavy atom. The van der Waals surface area contributed by atoms with E-state index in [4.69, 9.17) is 9.47 Å². The predicted octanol–water partition coefficient (Wildman–Crippen LogP) is 3.60. The van der Waals surface area contributed by atoms with Crippen LogP contribution in [-0.4, -0.2) is 20.0 Å². The largest absolute Gasteiger partial charge is 0.356 e. The minimum atomic E-state index is -0.0568. The average molecular weight is 202 g/mol. The molecule has 0 aliphatic heterocycles. The molecule has 0 N–H and O–H groups in total. The molecule has 0 saturated heterocycles. The lowest BCUT2D eigenvalue weighted by Crippen LogP contribution is -2.13. The van der Waals surface area contributed by atoms with Crippen molar-refractivity contribution >= 4 is 0 Å². The van der Waals surface area contributed by atoms with Crippen molar-refractivity contribution in [1.82, 2.24) is 0 Å². The lowest BCUT2D eigenvalue weighted by atomic mass is 9.96. The fraction of sp³-hybridized carbons (Fsp3) is 1.00. The van der Waals surface area contributed by atoms with E-state index in [2.05, 4.69) is 13.8 Å². The van der Waals surface area contributed by atoms with Crippen molar-refractivity contribution in [3.05, 3.63) is 0 Å². The van der Waals surface area contributed by atoms with Gasteiger partial charge in [-0.3, -0.25) is 0 Å². The molecule has 0 rings (SSSR count). The van der Waals surface area contributed by atoms with Gasteiger partial charge in [-0.1, -0.05) is 39.5 Å². The minimum absolute atomic E-state index is 0.0568. The molecule has 0 aromatic rings. The molecule has 14 heavy (non-hydrogen) atoms. The van der Waals surface area contributed by atoms with Gasteiger partial charge in [0.05, 0.1) is 0 Å². The summed E-state index contributed by atoms with van der Waals surface area (Å²) < 4.78 is 10.5. The second kappa shape index (κ2) is 9.47. The second-order valence-electron chi connectivity index (χ2n) is 3.88. The quantitative estimate of drug-likeness (QED) is 0.532. The number of unbranched alkanes of at least 4 members (excludes halogenated alkanes) is 1. The van der Waals surface area contributed by atoms with Crippen molar-refractivity contribution < 1.29 is 9.47 Å². The van der Waals surface area contributed by atoms with Crippen LogP contribution in [0.2, 0.25) is 0 Å². The second-order valence-corrected chi connectivity index (χ2v) is 3.88. The highest BCUT2D eigenvalue weighted by Crippen LogP contribution is 2.16. The highest BCUT2D eigenvalue weighted by molar-refractivity contribution is 4.56. The minimum Gasteiger partial charge on any atom is -0.356 e. The van der Waals surface area contributed by atoms with E-state index in [0.29, 0.717) is 0 Å². The van der Waals surface area contributed by atoms with Crippen LogP contribution in [-0.2, 0) is 9.47 Å². The first-order valence-electron chi connectivity index (χ1n) is 5.88. The summed E-state index contributed by atoms with van der Waals surface area (Å²) in [7, 11) is 1.68. The molecule has 2 heteroatoms. The van der Waals surface area contributed by atoms with E-state index in [-0.39, 0.29) is 6.29 Å². The van der Waals surface area contributed by atoms with E-state index >= 15 is 0 Å². The fourth-order valence-corrected chi connectivity index (χ4v) is 1.51. The van der Waals surface area contributed by atoms with Crippen LogP contribution < -0.4 is 0 Å². The molecule has 0 aromatic carbocycles. The zero-order valence-corrected chi connectivity index (χ0v) is 10.2. The molecule has 86 valence electrons. The van der Waals surface area contributed by atoms with Crippen LogP contribution >= 0.6 is 0 Å². The monoisotopic (exact) mass is 202 g/mol. The number of hydrogen-bond acceptors (Lipinski definition) is 2. The van der Waals surface area contributed by atoms with E-state index in [1.54, 1.807) is 7.11 Å². The summed E-state index contributed by atoms with van der Waals surface area (Å²) in [5.41, 5.74) is 0. The first-order chi connectivity index (χ1) is 6.74. The standard InChI is InChI=1S/C12H26O2/c1-5-7-8-12(6-2)9-10-14-11(3)13-4/h11-12H,5-10H2,1-4H3. The maximum Gasteiger partial charge on any atom is 0.154 e. The number of hydrogen-bond donors (Lipinski definition) is 0. The van der Waals surface area contributed by atoms with Gasteiger partial charge in [-0.2, -0.15) is 0 Å². The van der Waals surface area contributed by atoms with Gasteiger partial charge < -0.3 is 9.47 Å². The Balaban J connectivity index is 3.42. The first kappa shape index (κ1) is 13.9. The molecule has 2 atom stereocenters. The summed E-state index contributed by atoms with van der Waals surface area (Å²) in [4.78, 5) is 0. The average Bonchev–Trinajstić information content (AvgIpc) is 2.22. The van der Waals surface area contributed by atoms with Gasteiger partial charge in [0.1, 0.15) is 0 Å². The molecule has 0 radical (unpaired) electrons. The van der Waals surface area contributed by atoms with Gasteiger partial charge in [-0.25, -0.2) is 0 Å². The summed E-state index contributed by atoms with van der Waals surface area (Å²) in [6, 6.07) is 0. The van der Waals surface area contributed by atoms with E-state index in [9.17, 15) is 0 Å². The third-order valence-electron chi connectivity index (χ3n) is 2.75. The highest BCUT2D eigenvalue weighted by Gasteiger charge is 2.06. The van der Waals surface area contributed by atoms with Crippen LogP contribution in [0.15, 0.2) is 0 Å². The Kier molecular flexibility index (Phi) is 9.42. The first-order valence-corrected chi connectivity index (χ1v) is 5.88. The van der Waals surface area contributed by atoms with Gasteiger partial charge in [0.15, 0.2) is 6.29 Å². The molecule has 0 spiro atoms. The van der Waals surface area contributed by atoms with Crippen LogP contribution in [0.25, 0.3) is 0 Å². The number of ether oxygens (including phenoxy) is 2. The molecule has 0 aliphatic rings. The Hall–Kier alpha value is -0.0800. The van der Waals surface area contributed by atoms with E-state index in [1.165, 1.54) is 32.1 Å². The van der Waals surface area contributed by atoms with Gasteiger partial charge in [-0.05, 0) is 19.3 Å². The summed E-state index contributed by atoms with van der Waals surface area (Å²) in [5.74, 6) is 0.832. The molecule has 0 amide bonds.